The molecule has 0 radical (unpaired) electrons. The first-order chi connectivity index (χ1) is 15.7. The van der Waals surface area contributed by atoms with Crippen molar-refractivity contribution >= 4 is 11.9 Å². The van der Waals surface area contributed by atoms with Gasteiger partial charge in [-0.05, 0) is 37.1 Å². The number of carbonyl (C=O) groups is 2. The van der Waals surface area contributed by atoms with Crippen molar-refractivity contribution in [2.24, 2.45) is 5.92 Å². The van der Waals surface area contributed by atoms with E-state index in [4.69, 9.17) is 23.8 Å². The van der Waals surface area contributed by atoms with Crippen molar-refractivity contribution in [1.82, 2.24) is 9.88 Å². The van der Waals surface area contributed by atoms with Crippen LogP contribution < -0.4 is 0 Å². The van der Waals surface area contributed by atoms with Gasteiger partial charge in [0.05, 0.1) is 43.9 Å². The Morgan fingerprint density at radius 3 is 2.70 bits per heavy atom. The van der Waals surface area contributed by atoms with Gasteiger partial charge >= 0.3 is 12.1 Å². The molecule has 1 aliphatic carbocycles. The summed E-state index contributed by atoms with van der Waals surface area (Å²) >= 11 is 0. The number of carboxylic acid groups (broad SMARTS) is 1. The van der Waals surface area contributed by atoms with Gasteiger partial charge in [0.1, 0.15) is 0 Å². The van der Waals surface area contributed by atoms with E-state index in [9.17, 15) is 18.0 Å². The van der Waals surface area contributed by atoms with Gasteiger partial charge in [0.25, 0.3) is 5.91 Å². The number of rotatable bonds is 5. The van der Waals surface area contributed by atoms with Gasteiger partial charge < -0.3 is 23.9 Å². The van der Waals surface area contributed by atoms with E-state index in [1.54, 1.807) is 18.3 Å². The van der Waals surface area contributed by atoms with Gasteiger partial charge in [0, 0.05) is 18.7 Å². The average Bonchev–Trinajstić information content (AvgIpc) is 3.45. The first kappa shape index (κ1) is 24.7. The Hall–Kier alpha value is -2.92. The molecule has 0 unspecified atom stereocenters. The predicted octanol–water partition coefficient (Wildman–Crippen LogP) is 3.54. The second kappa shape index (κ2) is 10.8. The highest BCUT2D eigenvalue weighted by Gasteiger charge is 2.48. The Kier molecular flexibility index (Phi) is 8.09. The second-order valence-electron chi connectivity index (χ2n) is 7.85. The number of aliphatic carboxylic acids is 1. The minimum atomic E-state index is -5.08. The van der Waals surface area contributed by atoms with Crippen molar-refractivity contribution in [3.8, 4) is 0 Å². The molecule has 180 valence electrons. The highest BCUT2D eigenvalue weighted by Crippen LogP contribution is 2.41. The van der Waals surface area contributed by atoms with E-state index in [2.05, 4.69) is 4.98 Å². The number of carbonyl (C=O) groups excluding carboxylic acids is 1. The number of aromatic nitrogens is 1. The number of furan rings is 1. The first-order valence-corrected chi connectivity index (χ1v) is 10.5. The molecule has 1 amide bonds. The van der Waals surface area contributed by atoms with Crippen LogP contribution in [0.25, 0.3) is 0 Å². The first-order valence-electron chi connectivity index (χ1n) is 10.5. The molecule has 2 aromatic heterocycles. The highest BCUT2D eigenvalue weighted by molar-refractivity contribution is 5.91. The molecule has 2 aromatic rings. The Bertz CT molecular complexity index is 907. The van der Waals surface area contributed by atoms with E-state index in [1.807, 2.05) is 23.1 Å². The van der Waals surface area contributed by atoms with Crippen LogP contribution in [-0.4, -0.2) is 64.9 Å². The third kappa shape index (κ3) is 6.55. The van der Waals surface area contributed by atoms with E-state index in [1.165, 1.54) is 6.26 Å². The lowest BCUT2D eigenvalue weighted by atomic mass is 9.89. The zero-order valence-electron chi connectivity index (χ0n) is 17.8. The van der Waals surface area contributed by atoms with Gasteiger partial charge in [-0.15, -0.1) is 0 Å². The van der Waals surface area contributed by atoms with E-state index >= 15 is 0 Å². The number of amides is 1. The molecule has 1 spiro atoms. The minimum absolute atomic E-state index is 0.0577. The Labute approximate surface area is 188 Å². The number of alkyl halides is 3. The number of halogens is 3. The summed E-state index contributed by atoms with van der Waals surface area (Å²) in [6, 6.07) is 9.28. The molecule has 0 bridgehead atoms. The average molecular weight is 470 g/mol. The topological polar surface area (TPSA) is 102 Å². The molecule has 1 N–H and O–H groups in total. The summed E-state index contributed by atoms with van der Waals surface area (Å²) in [6.45, 7) is 2.89. The van der Waals surface area contributed by atoms with Crippen molar-refractivity contribution in [2.45, 2.75) is 37.6 Å². The fourth-order valence-electron chi connectivity index (χ4n) is 4.07. The standard InChI is InChI=1S/C20H24N2O4.C2HF3O2/c23-19(18-7-4-11-25-18)22-10-12-26-20(15-22)8-3-5-16(20)13-24-14-17-6-1-2-9-21-17;3-2(4,5)1(6)7/h1-2,4,6-7,9,11,16H,3,5,8,10,12-15H2;(H,6,7)/t16-,20-;/m1./s1. The van der Waals surface area contributed by atoms with E-state index in [0.29, 0.717) is 44.6 Å². The lowest BCUT2D eigenvalue weighted by molar-refractivity contribution is -0.192. The van der Waals surface area contributed by atoms with Gasteiger partial charge in [-0.25, -0.2) is 4.79 Å². The van der Waals surface area contributed by atoms with Gasteiger partial charge in [-0.2, -0.15) is 13.2 Å². The van der Waals surface area contributed by atoms with E-state index in [-0.39, 0.29) is 11.5 Å². The number of ether oxygens (including phenoxy) is 2. The van der Waals surface area contributed by atoms with Crippen LogP contribution >= 0.6 is 0 Å². The van der Waals surface area contributed by atoms with E-state index in [0.717, 1.165) is 25.0 Å². The molecule has 1 saturated carbocycles. The quantitative estimate of drug-likeness (QED) is 0.713. The van der Waals surface area contributed by atoms with Crippen molar-refractivity contribution in [3.05, 3.63) is 54.2 Å². The van der Waals surface area contributed by atoms with Crippen LogP contribution in [0.4, 0.5) is 13.2 Å². The molecule has 11 heteroatoms. The largest absolute Gasteiger partial charge is 0.490 e. The number of pyridine rings is 1. The van der Waals surface area contributed by atoms with Gasteiger partial charge in [-0.3, -0.25) is 9.78 Å². The normalized spacial score (nSPS) is 22.6. The molecule has 8 nitrogen and oxygen atoms in total. The summed E-state index contributed by atoms with van der Waals surface area (Å²) in [5.74, 6) is -2.13. The molecule has 0 aromatic carbocycles. The number of nitrogens with zero attached hydrogens (tertiary/aromatic N) is 2. The van der Waals surface area contributed by atoms with Gasteiger partial charge in [-0.1, -0.05) is 12.5 Å². The molecule has 2 aliphatic rings. The summed E-state index contributed by atoms with van der Waals surface area (Å²) < 4.78 is 49.2. The maximum Gasteiger partial charge on any atom is 0.490 e. The van der Waals surface area contributed by atoms with Crippen LogP contribution in [0, 0.1) is 5.92 Å². The molecule has 4 rings (SSSR count). The number of hydrogen-bond acceptors (Lipinski definition) is 6. The maximum absolute atomic E-state index is 12.6. The van der Waals surface area contributed by atoms with Crippen molar-refractivity contribution < 1.29 is 41.8 Å². The highest BCUT2D eigenvalue weighted by atomic mass is 19.4. The van der Waals surface area contributed by atoms with Crippen molar-refractivity contribution in [3.63, 3.8) is 0 Å². The van der Waals surface area contributed by atoms with Gasteiger partial charge in [0.15, 0.2) is 5.76 Å². The SMILES string of the molecule is O=C(O)C(F)(F)F.O=C(c1ccco1)N1CCO[C@]2(CCC[C@@H]2COCc2ccccn2)C1. The Balaban J connectivity index is 0.000000383. The summed E-state index contributed by atoms with van der Waals surface area (Å²) in [4.78, 5) is 27.7. The van der Waals surface area contributed by atoms with Crippen molar-refractivity contribution in [2.75, 3.05) is 26.3 Å². The monoisotopic (exact) mass is 470 g/mol. The fraction of sp³-hybridized carbons (Fsp3) is 0.500. The number of hydrogen-bond donors (Lipinski definition) is 1. The molecule has 2 atom stereocenters. The lowest BCUT2D eigenvalue weighted by Gasteiger charge is -2.43. The molecular formula is C22H25F3N2O6. The number of morpholine rings is 1. The smallest absolute Gasteiger partial charge is 0.475 e. The zero-order valence-corrected chi connectivity index (χ0v) is 17.8. The fourth-order valence-corrected chi connectivity index (χ4v) is 4.07. The second-order valence-corrected chi connectivity index (χ2v) is 7.85. The van der Waals surface area contributed by atoms with Crippen LogP contribution in [-0.2, 0) is 20.9 Å². The Morgan fingerprint density at radius 2 is 2.06 bits per heavy atom. The van der Waals surface area contributed by atoms with Crippen LogP contribution in [0.5, 0.6) is 0 Å². The van der Waals surface area contributed by atoms with Crippen molar-refractivity contribution in [1.29, 1.82) is 0 Å². The van der Waals surface area contributed by atoms with Crippen LogP contribution in [0.3, 0.4) is 0 Å². The summed E-state index contributed by atoms with van der Waals surface area (Å²) in [5.41, 5.74) is 0.628. The van der Waals surface area contributed by atoms with E-state index < -0.39 is 12.1 Å². The molecular weight excluding hydrogens is 445 g/mol. The predicted molar refractivity (Wildman–Crippen MR) is 108 cm³/mol. The van der Waals surface area contributed by atoms with Crippen LogP contribution in [0.15, 0.2) is 47.2 Å². The zero-order chi connectivity index (χ0) is 23.9. The molecule has 2 fully saturated rings. The Morgan fingerprint density at radius 1 is 1.27 bits per heavy atom. The lowest BCUT2D eigenvalue weighted by Crippen LogP contribution is -2.56. The minimum Gasteiger partial charge on any atom is -0.475 e. The molecule has 3 heterocycles. The molecule has 1 aliphatic heterocycles. The summed E-state index contributed by atoms with van der Waals surface area (Å²) in [6.07, 6.45) is 1.35. The van der Waals surface area contributed by atoms with Gasteiger partial charge in [0.2, 0.25) is 0 Å². The third-order valence-corrected chi connectivity index (χ3v) is 5.66. The summed E-state index contributed by atoms with van der Waals surface area (Å²) in [5, 5.41) is 7.12. The maximum atomic E-state index is 12.6. The number of carboxylic acids is 1. The van der Waals surface area contributed by atoms with Crippen LogP contribution in [0.1, 0.15) is 35.5 Å². The summed E-state index contributed by atoms with van der Waals surface area (Å²) in [7, 11) is 0. The third-order valence-electron chi connectivity index (χ3n) is 5.66. The molecule has 1 saturated heterocycles. The molecule has 33 heavy (non-hydrogen) atoms. The van der Waals surface area contributed by atoms with Crippen LogP contribution in [0.2, 0.25) is 0 Å².